The minimum absolute atomic E-state index is 0.525. The second-order valence-corrected chi connectivity index (χ2v) is 5.62. The number of hydrogen-bond acceptors (Lipinski definition) is 3. The van der Waals surface area contributed by atoms with Gasteiger partial charge < -0.3 is 10.6 Å². The van der Waals surface area contributed by atoms with E-state index in [-0.39, 0.29) is 0 Å². The van der Waals surface area contributed by atoms with Crippen LogP contribution in [0.25, 0.3) is 10.9 Å². The highest BCUT2D eigenvalue weighted by atomic mass is 14.9. The van der Waals surface area contributed by atoms with Crippen molar-refractivity contribution in [3.8, 4) is 0 Å². The minimum atomic E-state index is 0.525. The Bertz CT molecular complexity index is 805. The standard InChI is InChI=1S/C18H17N3/c1-12-10-13-11-14(6-7-16(13)20-12)21-18-8-9-19-17-5-3-2-4-15(17)18/h2-9,11-12,20H,10H2,1H3,(H,19,21). The molecule has 2 heterocycles. The van der Waals surface area contributed by atoms with E-state index in [1.54, 1.807) is 0 Å². The molecule has 104 valence electrons. The maximum Gasteiger partial charge on any atom is 0.0722 e. The third-order valence-corrected chi connectivity index (χ3v) is 3.96. The predicted molar refractivity (Wildman–Crippen MR) is 88.3 cm³/mol. The van der Waals surface area contributed by atoms with Crippen LogP contribution in [0.1, 0.15) is 12.5 Å². The zero-order valence-electron chi connectivity index (χ0n) is 11.9. The Labute approximate surface area is 124 Å². The van der Waals surface area contributed by atoms with Crippen LogP contribution >= 0.6 is 0 Å². The molecule has 21 heavy (non-hydrogen) atoms. The van der Waals surface area contributed by atoms with Crippen molar-refractivity contribution in [2.45, 2.75) is 19.4 Å². The van der Waals surface area contributed by atoms with Crippen LogP contribution in [-0.2, 0) is 6.42 Å². The van der Waals surface area contributed by atoms with Gasteiger partial charge in [-0.1, -0.05) is 18.2 Å². The van der Waals surface area contributed by atoms with E-state index in [9.17, 15) is 0 Å². The lowest BCUT2D eigenvalue weighted by Crippen LogP contribution is -2.08. The molecule has 0 amide bonds. The van der Waals surface area contributed by atoms with E-state index >= 15 is 0 Å². The van der Waals surface area contributed by atoms with Crippen molar-refractivity contribution in [1.82, 2.24) is 4.98 Å². The smallest absolute Gasteiger partial charge is 0.0722 e. The van der Waals surface area contributed by atoms with Gasteiger partial charge in [0.05, 0.1) is 5.52 Å². The monoisotopic (exact) mass is 275 g/mol. The van der Waals surface area contributed by atoms with Gasteiger partial charge in [-0.25, -0.2) is 0 Å². The normalized spacial score (nSPS) is 16.5. The number of nitrogens with one attached hydrogen (secondary N) is 2. The molecule has 1 atom stereocenters. The van der Waals surface area contributed by atoms with Crippen molar-refractivity contribution in [3.05, 3.63) is 60.3 Å². The number of para-hydroxylation sites is 1. The molecule has 1 unspecified atom stereocenters. The summed E-state index contributed by atoms with van der Waals surface area (Å²) < 4.78 is 0. The van der Waals surface area contributed by atoms with Gasteiger partial charge in [-0.15, -0.1) is 0 Å². The fourth-order valence-corrected chi connectivity index (χ4v) is 2.99. The highest BCUT2D eigenvalue weighted by molar-refractivity contribution is 5.92. The van der Waals surface area contributed by atoms with Gasteiger partial charge in [0, 0.05) is 34.7 Å². The van der Waals surface area contributed by atoms with Crippen LogP contribution < -0.4 is 10.6 Å². The number of rotatable bonds is 2. The highest BCUT2D eigenvalue weighted by Crippen LogP contribution is 2.31. The summed E-state index contributed by atoms with van der Waals surface area (Å²) in [5.74, 6) is 0. The Balaban J connectivity index is 1.71. The Kier molecular flexibility index (Phi) is 2.78. The van der Waals surface area contributed by atoms with Gasteiger partial charge in [-0.3, -0.25) is 4.98 Å². The molecule has 3 heteroatoms. The number of benzene rings is 2. The summed E-state index contributed by atoms with van der Waals surface area (Å²) in [5, 5.41) is 8.15. The van der Waals surface area contributed by atoms with Gasteiger partial charge in [0.15, 0.2) is 0 Å². The van der Waals surface area contributed by atoms with Gasteiger partial charge in [0.25, 0.3) is 0 Å². The van der Waals surface area contributed by atoms with Gasteiger partial charge in [-0.2, -0.15) is 0 Å². The zero-order chi connectivity index (χ0) is 14.2. The number of nitrogens with zero attached hydrogens (tertiary/aromatic N) is 1. The molecule has 0 radical (unpaired) electrons. The van der Waals surface area contributed by atoms with E-state index in [4.69, 9.17) is 0 Å². The van der Waals surface area contributed by atoms with Crippen LogP contribution in [0.3, 0.4) is 0 Å². The summed E-state index contributed by atoms with van der Waals surface area (Å²) in [6.07, 6.45) is 2.93. The van der Waals surface area contributed by atoms with E-state index in [2.05, 4.69) is 46.8 Å². The van der Waals surface area contributed by atoms with E-state index in [1.807, 2.05) is 30.5 Å². The van der Waals surface area contributed by atoms with Crippen molar-refractivity contribution >= 4 is 28.0 Å². The number of fused-ring (bicyclic) bond motifs is 2. The Hall–Kier alpha value is -2.55. The van der Waals surface area contributed by atoms with Crippen LogP contribution in [0.4, 0.5) is 17.1 Å². The van der Waals surface area contributed by atoms with Crippen LogP contribution in [-0.4, -0.2) is 11.0 Å². The fraction of sp³-hybridized carbons (Fsp3) is 0.167. The molecular weight excluding hydrogens is 258 g/mol. The first kappa shape index (κ1) is 12.2. The molecule has 2 N–H and O–H groups in total. The van der Waals surface area contributed by atoms with Gasteiger partial charge in [0.2, 0.25) is 0 Å². The molecule has 1 aliphatic rings. The summed E-state index contributed by atoms with van der Waals surface area (Å²) in [4.78, 5) is 4.40. The first-order chi connectivity index (χ1) is 10.3. The molecule has 2 aromatic carbocycles. The van der Waals surface area contributed by atoms with E-state index in [0.717, 1.165) is 28.7 Å². The average Bonchev–Trinajstić information content (AvgIpc) is 2.87. The lowest BCUT2D eigenvalue weighted by atomic mass is 10.1. The third kappa shape index (κ3) is 2.21. The van der Waals surface area contributed by atoms with E-state index in [1.165, 1.54) is 11.3 Å². The summed E-state index contributed by atoms with van der Waals surface area (Å²) in [6.45, 7) is 2.21. The molecule has 0 spiro atoms. The molecular formula is C18H17N3. The Morgan fingerprint density at radius 3 is 3.00 bits per heavy atom. The lowest BCUT2D eigenvalue weighted by Gasteiger charge is -2.10. The number of pyridine rings is 1. The maximum atomic E-state index is 4.40. The van der Waals surface area contributed by atoms with Gasteiger partial charge >= 0.3 is 0 Å². The predicted octanol–water partition coefficient (Wildman–Crippen LogP) is 4.33. The molecule has 3 nitrogen and oxygen atoms in total. The quantitative estimate of drug-likeness (QED) is 0.730. The molecule has 3 aromatic rings. The van der Waals surface area contributed by atoms with Gasteiger partial charge in [0.1, 0.15) is 0 Å². The number of anilines is 3. The zero-order valence-corrected chi connectivity index (χ0v) is 11.9. The summed E-state index contributed by atoms with van der Waals surface area (Å²) in [7, 11) is 0. The summed E-state index contributed by atoms with van der Waals surface area (Å²) in [6, 6.07) is 17.3. The number of aromatic nitrogens is 1. The molecule has 0 fully saturated rings. The Morgan fingerprint density at radius 1 is 1.14 bits per heavy atom. The summed E-state index contributed by atoms with van der Waals surface area (Å²) >= 11 is 0. The molecule has 1 aromatic heterocycles. The van der Waals surface area contributed by atoms with Crippen LogP contribution in [0.15, 0.2) is 54.7 Å². The SMILES string of the molecule is CC1Cc2cc(Nc3ccnc4ccccc34)ccc2N1. The molecule has 0 saturated carbocycles. The van der Waals surface area contributed by atoms with Crippen LogP contribution in [0.5, 0.6) is 0 Å². The number of hydrogen-bond donors (Lipinski definition) is 2. The maximum absolute atomic E-state index is 4.40. The van der Waals surface area contributed by atoms with Crippen molar-refractivity contribution in [3.63, 3.8) is 0 Å². The topological polar surface area (TPSA) is 37.0 Å². The first-order valence-corrected chi connectivity index (χ1v) is 7.30. The van der Waals surface area contributed by atoms with Crippen molar-refractivity contribution in [1.29, 1.82) is 0 Å². The molecule has 1 aliphatic heterocycles. The largest absolute Gasteiger partial charge is 0.382 e. The molecule has 4 rings (SSSR count). The van der Waals surface area contributed by atoms with Crippen molar-refractivity contribution in [2.75, 3.05) is 10.6 Å². The lowest BCUT2D eigenvalue weighted by molar-refractivity contribution is 0.839. The van der Waals surface area contributed by atoms with Gasteiger partial charge in [-0.05, 0) is 49.2 Å². The first-order valence-electron chi connectivity index (χ1n) is 7.30. The van der Waals surface area contributed by atoms with E-state index in [0.29, 0.717) is 6.04 Å². The molecule has 0 bridgehead atoms. The Morgan fingerprint density at radius 2 is 2.05 bits per heavy atom. The second kappa shape index (κ2) is 4.77. The molecule has 0 saturated heterocycles. The second-order valence-electron chi connectivity index (χ2n) is 5.62. The van der Waals surface area contributed by atoms with Crippen molar-refractivity contribution < 1.29 is 0 Å². The van der Waals surface area contributed by atoms with Crippen LogP contribution in [0.2, 0.25) is 0 Å². The summed E-state index contributed by atoms with van der Waals surface area (Å²) in [5.41, 5.74) is 5.87. The average molecular weight is 275 g/mol. The van der Waals surface area contributed by atoms with Crippen molar-refractivity contribution in [2.24, 2.45) is 0 Å². The minimum Gasteiger partial charge on any atom is -0.382 e. The molecule has 0 aliphatic carbocycles. The van der Waals surface area contributed by atoms with Crippen LogP contribution in [0, 0.1) is 0 Å². The fourth-order valence-electron chi connectivity index (χ4n) is 2.99. The van der Waals surface area contributed by atoms with E-state index < -0.39 is 0 Å². The highest BCUT2D eigenvalue weighted by Gasteiger charge is 2.16. The third-order valence-electron chi connectivity index (χ3n) is 3.96.